The van der Waals surface area contributed by atoms with E-state index in [1.807, 2.05) is 0 Å². The summed E-state index contributed by atoms with van der Waals surface area (Å²) in [7, 11) is -3.55. The van der Waals surface area contributed by atoms with Gasteiger partial charge in [-0.25, -0.2) is 13.1 Å². The number of hydrogen-bond donors (Lipinski definition) is 3. The number of carboxylic acids is 1. The third-order valence-corrected chi connectivity index (χ3v) is 6.73. The third-order valence-electron chi connectivity index (χ3n) is 5.19. The number of hydrogen-bond acceptors (Lipinski definition) is 5. The topological polar surface area (TPSA) is 122 Å². The molecule has 1 aromatic rings. The van der Waals surface area contributed by atoms with Crippen LogP contribution in [0.2, 0.25) is 0 Å². The van der Waals surface area contributed by atoms with Crippen LogP contribution in [-0.2, 0) is 24.3 Å². The SMILES string of the molecule is O=C(Nc1ccc(S(=O)(=O)NC2CC2)cc1)C1C(C(=O)O)[C@H]2CC[C@@H]1O2. The summed E-state index contributed by atoms with van der Waals surface area (Å²) in [6.45, 7) is 0. The standard InChI is InChI=1S/C17H20N2O6S/c20-16(14-12-7-8-13(25-12)15(14)17(21)22)18-9-3-5-11(6-4-9)26(23,24)19-10-1-2-10/h3-6,10,12-15,19H,1-2,7-8H2,(H,18,20)(H,21,22)/t12-,13+,14?,15?/m0/s1. The van der Waals surface area contributed by atoms with E-state index in [4.69, 9.17) is 4.74 Å². The van der Waals surface area contributed by atoms with Gasteiger partial charge in [0, 0.05) is 11.7 Å². The summed E-state index contributed by atoms with van der Waals surface area (Å²) < 4.78 is 32.5. The predicted octanol–water partition coefficient (Wildman–Crippen LogP) is 0.944. The van der Waals surface area contributed by atoms with Gasteiger partial charge in [-0.15, -0.1) is 0 Å². The van der Waals surface area contributed by atoms with Crippen LogP contribution >= 0.6 is 0 Å². The van der Waals surface area contributed by atoms with Gasteiger partial charge in [0.05, 0.1) is 28.9 Å². The van der Waals surface area contributed by atoms with Gasteiger partial charge < -0.3 is 15.2 Å². The molecule has 2 aliphatic heterocycles. The van der Waals surface area contributed by atoms with Crippen LogP contribution in [0.1, 0.15) is 25.7 Å². The predicted molar refractivity (Wildman–Crippen MR) is 90.9 cm³/mol. The highest BCUT2D eigenvalue weighted by Gasteiger charge is 2.55. The van der Waals surface area contributed by atoms with Crippen molar-refractivity contribution in [3.63, 3.8) is 0 Å². The van der Waals surface area contributed by atoms with Gasteiger partial charge in [0.25, 0.3) is 0 Å². The van der Waals surface area contributed by atoms with Gasteiger partial charge in [0.2, 0.25) is 15.9 Å². The van der Waals surface area contributed by atoms with Crippen molar-refractivity contribution >= 4 is 27.6 Å². The lowest BCUT2D eigenvalue weighted by molar-refractivity contribution is -0.147. The maximum absolute atomic E-state index is 12.6. The minimum Gasteiger partial charge on any atom is -0.481 e. The number of sulfonamides is 1. The highest BCUT2D eigenvalue weighted by Crippen LogP contribution is 2.44. The Kier molecular flexibility index (Phi) is 4.25. The van der Waals surface area contributed by atoms with Gasteiger partial charge in [0.15, 0.2) is 0 Å². The summed E-state index contributed by atoms with van der Waals surface area (Å²) in [5.41, 5.74) is 0.423. The molecule has 0 radical (unpaired) electrons. The lowest BCUT2D eigenvalue weighted by Gasteiger charge is -2.23. The van der Waals surface area contributed by atoms with E-state index >= 15 is 0 Å². The molecule has 2 saturated heterocycles. The molecule has 0 spiro atoms. The molecular formula is C17H20N2O6S. The normalized spacial score (nSPS) is 30.3. The van der Waals surface area contributed by atoms with Crippen molar-refractivity contribution in [1.82, 2.24) is 4.72 Å². The highest BCUT2D eigenvalue weighted by atomic mass is 32.2. The van der Waals surface area contributed by atoms with Crippen molar-refractivity contribution in [1.29, 1.82) is 0 Å². The number of ether oxygens (including phenoxy) is 1. The second kappa shape index (κ2) is 6.33. The average molecular weight is 380 g/mol. The molecule has 2 heterocycles. The van der Waals surface area contributed by atoms with Crippen LogP contribution in [0.15, 0.2) is 29.2 Å². The first kappa shape index (κ1) is 17.4. The van der Waals surface area contributed by atoms with Gasteiger partial charge in [0.1, 0.15) is 0 Å². The van der Waals surface area contributed by atoms with E-state index < -0.39 is 39.8 Å². The fraction of sp³-hybridized carbons (Fsp3) is 0.529. The number of carbonyl (C=O) groups is 2. The summed E-state index contributed by atoms with van der Waals surface area (Å²) in [5.74, 6) is -3.00. The molecule has 140 valence electrons. The molecule has 2 bridgehead atoms. The van der Waals surface area contributed by atoms with Crippen LogP contribution < -0.4 is 10.0 Å². The minimum atomic E-state index is -3.55. The fourth-order valence-electron chi connectivity index (χ4n) is 3.76. The molecule has 3 fully saturated rings. The number of carboxylic acid groups (broad SMARTS) is 1. The monoisotopic (exact) mass is 380 g/mol. The van der Waals surface area contributed by atoms with Gasteiger partial charge in [-0.05, 0) is 49.9 Å². The number of fused-ring (bicyclic) bond motifs is 2. The Morgan fingerprint density at radius 1 is 1.00 bits per heavy atom. The molecule has 3 N–H and O–H groups in total. The van der Waals surface area contributed by atoms with Crippen molar-refractivity contribution in [2.24, 2.45) is 11.8 Å². The van der Waals surface area contributed by atoms with Gasteiger partial charge in [-0.3, -0.25) is 9.59 Å². The smallest absolute Gasteiger partial charge is 0.310 e. The van der Waals surface area contributed by atoms with Crippen LogP contribution in [-0.4, -0.2) is 43.7 Å². The summed E-state index contributed by atoms with van der Waals surface area (Å²) in [6.07, 6.45) is 2.26. The van der Waals surface area contributed by atoms with Crippen molar-refractivity contribution < 1.29 is 27.9 Å². The minimum absolute atomic E-state index is 0.0186. The maximum atomic E-state index is 12.6. The quantitative estimate of drug-likeness (QED) is 0.675. The van der Waals surface area contributed by atoms with E-state index in [1.54, 1.807) is 0 Å². The number of rotatable bonds is 6. The molecule has 26 heavy (non-hydrogen) atoms. The van der Waals surface area contributed by atoms with E-state index in [2.05, 4.69) is 10.0 Å². The van der Waals surface area contributed by atoms with Crippen molar-refractivity contribution in [2.45, 2.75) is 48.8 Å². The lowest BCUT2D eigenvalue weighted by atomic mass is 9.78. The molecule has 2 unspecified atom stereocenters. The van der Waals surface area contributed by atoms with E-state index in [0.717, 1.165) is 12.8 Å². The lowest BCUT2D eigenvalue weighted by Crippen LogP contribution is -2.40. The summed E-state index contributed by atoms with van der Waals surface area (Å²) >= 11 is 0. The highest BCUT2D eigenvalue weighted by molar-refractivity contribution is 7.89. The zero-order valence-corrected chi connectivity index (χ0v) is 14.7. The largest absolute Gasteiger partial charge is 0.481 e. The van der Waals surface area contributed by atoms with Crippen LogP contribution in [0.4, 0.5) is 5.69 Å². The molecule has 4 rings (SSSR count). The first-order valence-corrected chi connectivity index (χ1v) is 10.1. The van der Waals surface area contributed by atoms with Crippen molar-refractivity contribution in [3.8, 4) is 0 Å². The Hall–Kier alpha value is -1.97. The first-order valence-electron chi connectivity index (χ1n) is 8.67. The number of amides is 1. The number of aliphatic carboxylic acids is 1. The summed E-state index contributed by atoms with van der Waals surface area (Å²) in [4.78, 5) is 24.2. The number of anilines is 1. The van der Waals surface area contributed by atoms with Crippen molar-refractivity contribution in [2.75, 3.05) is 5.32 Å². The molecule has 4 atom stereocenters. The fourth-order valence-corrected chi connectivity index (χ4v) is 5.06. The van der Waals surface area contributed by atoms with Crippen LogP contribution in [0, 0.1) is 11.8 Å². The molecule has 1 saturated carbocycles. The summed E-state index contributed by atoms with van der Waals surface area (Å²) in [5, 5.41) is 12.1. The molecule has 1 amide bonds. The van der Waals surface area contributed by atoms with E-state index in [9.17, 15) is 23.1 Å². The second-order valence-corrected chi connectivity index (χ2v) is 8.80. The molecule has 9 heteroatoms. The van der Waals surface area contributed by atoms with Gasteiger partial charge >= 0.3 is 5.97 Å². The van der Waals surface area contributed by atoms with Crippen LogP contribution in [0.25, 0.3) is 0 Å². The van der Waals surface area contributed by atoms with Crippen LogP contribution in [0.3, 0.4) is 0 Å². The van der Waals surface area contributed by atoms with Crippen LogP contribution in [0.5, 0.6) is 0 Å². The van der Waals surface area contributed by atoms with E-state index in [1.165, 1.54) is 24.3 Å². The third kappa shape index (κ3) is 3.22. The number of carbonyl (C=O) groups excluding carboxylic acids is 1. The molecular weight excluding hydrogens is 360 g/mol. The van der Waals surface area contributed by atoms with E-state index in [0.29, 0.717) is 18.5 Å². The van der Waals surface area contributed by atoms with E-state index in [-0.39, 0.29) is 17.0 Å². The zero-order valence-electron chi connectivity index (χ0n) is 13.9. The molecule has 0 aromatic heterocycles. The Balaban J connectivity index is 1.45. The molecule has 1 aromatic carbocycles. The Morgan fingerprint density at radius 3 is 2.19 bits per heavy atom. The first-order chi connectivity index (χ1) is 12.3. The number of nitrogens with one attached hydrogen (secondary N) is 2. The Bertz CT molecular complexity index is 833. The van der Waals surface area contributed by atoms with Gasteiger partial charge in [-0.2, -0.15) is 0 Å². The molecule has 1 aliphatic carbocycles. The Morgan fingerprint density at radius 2 is 1.62 bits per heavy atom. The zero-order chi connectivity index (χ0) is 18.5. The second-order valence-electron chi connectivity index (χ2n) is 7.09. The Labute approximate surface area is 151 Å². The molecule has 8 nitrogen and oxygen atoms in total. The molecule has 3 aliphatic rings. The summed E-state index contributed by atoms with van der Waals surface area (Å²) in [6, 6.07) is 5.87. The van der Waals surface area contributed by atoms with Crippen molar-refractivity contribution in [3.05, 3.63) is 24.3 Å². The maximum Gasteiger partial charge on any atom is 0.310 e. The average Bonchev–Trinajstić information content (AvgIpc) is 3.15. The number of benzene rings is 1. The van der Waals surface area contributed by atoms with Gasteiger partial charge in [-0.1, -0.05) is 0 Å².